The highest BCUT2D eigenvalue weighted by Crippen LogP contribution is 2.37. The van der Waals surface area contributed by atoms with E-state index in [1.54, 1.807) is 11.8 Å². The van der Waals surface area contributed by atoms with Crippen molar-refractivity contribution in [3.05, 3.63) is 34.3 Å². The summed E-state index contributed by atoms with van der Waals surface area (Å²) in [4.78, 5) is 24.6. The number of hydrogen-bond donors (Lipinski definition) is 1. The number of benzene rings is 1. The second kappa shape index (κ2) is 15.7. The third kappa shape index (κ3) is 10.4. The number of amides is 2. The van der Waals surface area contributed by atoms with Gasteiger partial charge in [-0.05, 0) is 24.1 Å². The van der Waals surface area contributed by atoms with E-state index in [-0.39, 0.29) is 17.2 Å². The molecule has 0 aliphatic carbocycles. The Balaban J connectivity index is 1.51. The van der Waals surface area contributed by atoms with E-state index in [1.165, 1.54) is 75.6 Å². The lowest BCUT2D eigenvalue weighted by Gasteiger charge is -2.24. The number of thioether (sulfide) groups is 1. The van der Waals surface area contributed by atoms with Crippen LogP contribution in [-0.2, 0) is 9.59 Å². The minimum absolute atomic E-state index is 0.0309. The predicted octanol–water partition coefficient (Wildman–Crippen LogP) is 7.54. The van der Waals surface area contributed by atoms with E-state index < -0.39 is 0 Å². The van der Waals surface area contributed by atoms with E-state index in [1.807, 2.05) is 24.3 Å². The lowest BCUT2D eigenvalue weighted by Crippen LogP contribution is -2.44. The Morgan fingerprint density at radius 1 is 0.935 bits per heavy atom. The number of halogens is 1. The van der Waals surface area contributed by atoms with Crippen molar-refractivity contribution >= 4 is 39.5 Å². The van der Waals surface area contributed by atoms with E-state index >= 15 is 0 Å². The standard InChI is InChI=1S/C25H39BrN2O2S/c1-2-3-4-5-6-7-8-9-10-11-12-13-14-15-23(29)27-28-24(30)20-31-25(28)21-16-18-22(26)19-17-21/h16-19,25H,2-15,20H2,1H3,(H,27,29). The molecule has 1 atom stereocenters. The van der Waals surface area contributed by atoms with Crippen LogP contribution in [0.15, 0.2) is 28.7 Å². The Morgan fingerprint density at radius 3 is 2.00 bits per heavy atom. The maximum Gasteiger partial charge on any atom is 0.252 e. The second-order valence-electron chi connectivity index (χ2n) is 8.51. The molecule has 0 spiro atoms. The molecule has 174 valence electrons. The maximum absolute atomic E-state index is 12.4. The molecule has 1 aliphatic rings. The van der Waals surface area contributed by atoms with E-state index in [0.29, 0.717) is 12.2 Å². The lowest BCUT2D eigenvalue weighted by atomic mass is 10.0. The molecule has 0 aromatic heterocycles. The number of nitrogens with zero attached hydrogens (tertiary/aromatic N) is 1. The van der Waals surface area contributed by atoms with E-state index in [2.05, 4.69) is 28.3 Å². The van der Waals surface area contributed by atoms with Crippen molar-refractivity contribution < 1.29 is 9.59 Å². The summed E-state index contributed by atoms with van der Waals surface area (Å²) in [5.41, 5.74) is 3.88. The average molecular weight is 512 g/mol. The summed E-state index contributed by atoms with van der Waals surface area (Å²) in [6, 6.07) is 7.91. The molecule has 1 unspecified atom stereocenters. The van der Waals surface area contributed by atoms with Crippen molar-refractivity contribution in [3.63, 3.8) is 0 Å². The Kier molecular flexibility index (Phi) is 13.3. The average Bonchev–Trinajstić information content (AvgIpc) is 3.12. The summed E-state index contributed by atoms with van der Waals surface area (Å²) in [5.74, 6) is 0.317. The van der Waals surface area contributed by atoms with Crippen LogP contribution in [0.25, 0.3) is 0 Å². The van der Waals surface area contributed by atoms with Crippen LogP contribution in [-0.4, -0.2) is 22.6 Å². The molecule has 2 rings (SSSR count). The van der Waals surface area contributed by atoms with Gasteiger partial charge in [0.2, 0.25) is 5.91 Å². The van der Waals surface area contributed by atoms with Gasteiger partial charge in [-0.2, -0.15) is 0 Å². The Hall–Kier alpha value is -1.01. The first-order valence-electron chi connectivity index (χ1n) is 12.1. The van der Waals surface area contributed by atoms with Gasteiger partial charge in [0, 0.05) is 10.9 Å². The van der Waals surface area contributed by atoms with Gasteiger partial charge in [-0.25, -0.2) is 5.01 Å². The summed E-state index contributed by atoms with van der Waals surface area (Å²) in [6.45, 7) is 2.26. The number of carbonyl (C=O) groups is 2. The molecule has 1 fully saturated rings. The molecule has 1 aliphatic heterocycles. The van der Waals surface area contributed by atoms with Gasteiger partial charge in [-0.1, -0.05) is 112 Å². The summed E-state index contributed by atoms with van der Waals surface area (Å²) < 4.78 is 1.00. The first kappa shape index (κ1) is 26.2. The first-order valence-corrected chi connectivity index (χ1v) is 13.9. The van der Waals surface area contributed by atoms with Crippen LogP contribution in [0.2, 0.25) is 0 Å². The number of nitrogens with one attached hydrogen (secondary N) is 1. The maximum atomic E-state index is 12.4. The van der Waals surface area contributed by atoms with Crippen molar-refractivity contribution in [1.29, 1.82) is 0 Å². The SMILES string of the molecule is CCCCCCCCCCCCCCCC(=O)NN1C(=O)CSC1c1ccc(Br)cc1. The fourth-order valence-electron chi connectivity index (χ4n) is 3.91. The zero-order chi connectivity index (χ0) is 22.3. The molecular weight excluding hydrogens is 472 g/mol. The third-order valence-electron chi connectivity index (χ3n) is 5.78. The number of hydrazine groups is 1. The topological polar surface area (TPSA) is 49.4 Å². The molecule has 1 heterocycles. The van der Waals surface area contributed by atoms with Crippen molar-refractivity contribution in [2.75, 3.05) is 5.75 Å². The van der Waals surface area contributed by atoms with Gasteiger partial charge in [0.1, 0.15) is 5.37 Å². The van der Waals surface area contributed by atoms with Crippen molar-refractivity contribution in [2.24, 2.45) is 0 Å². The van der Waals surface area contributed by atoms with Crippen LogP contribution < -0.4 is 5.43 Å². The Labute approximate surface area is 201 Å². The predicted molar refractivity (Wildman–Crippen MR) is 135 cm³/mol. The lowest BCUT2D eigenvalue weighted by molar-refractivity contribution is -0.139. The first-order chi connectivity index (χ1) is 15.1. The van der Waals surface area contributed by atoms with Crippen LogP contribution in [0.1, 0.15) is 108 Å². The molecule has 0 bridgehead atoms. The summed E-state index contributed by atoms with van der Waals surface area (Å²) in [6.07, 6.45) is 17.3. The van der Waals surface area contributed by atoms with Crippen molar-refractivity contribution in [2.45, 2.75) is 102 Å². The minimum Gasteiger partial charge on any atom is -0.273 e. The number of unbranched alkanes of at least 4 members (excludes halogenated alkanes) is 12. The highest BCUT2D eigenvalue weighted by atomic mass is 79.9. The summed E-state index contributed by atoms with van der Waals surface area (Å²) in [7, 11) is 0. The van der Waals surface area contributed by atoms with Crippen LogP contribution in [0.4, 0.5) is 0 Å². The molecule has 31 heavy (non-hydrogen) atoms. The van der Waals surface area contributed by atoms with E-state index in [4.69, 9.17) is 0 Å². The smallest absolute Gasteiger partial charge is 0.252 e. The fourth-order valence-corrected chi connectivity index (χ4v) is 5.29. The minimum atomic E-state index is -0.142. The number of rotatable bonds is 16. The van der Waals surface area contributed by atoms with E-state index in [0.717, 1.165) is 22.9 Å². The highest BCUT2D eigenvalue weighted by molar-refractivity contribution is 9.10. The van der Waals surface area contributed by atoms with Gasteiger partial charge in [-0.15, -0.1) is 11.8 Å². The molecule has 2 amide bonds. The Morgan fingerprint density at radius 2 is 1.45 bits per heavy atom. The van der Waals surface area contributed by atoms with Gasteiger partial charge >= 0.3 is 0 Å². The highest BCUT2D eigenvalue weighted by Gasteiger charge is 2.34. The Bertz CT molecular complexity index is 653. The molecule has 4 nitrogen and oxygen atoms in total. The monoisotopic (exact) mass is 510 g/mol. The molecule has 6 heteroatoms. The van der Waals surface area contributed by atoms with E-state index in [9.17, 15) is 9.59 Å². The molecule has 0 saturated carbocycles. The van der Waals surface area contributed by atoms with Crippen LogP contribution >= 0.6 is 27.7 Å². The van der Waals surface area contributed by atoms with Gasteiger partial charge in [0.15, 0.2) is 0 Å². The quantitative estimate of drug-likeness (QED) is 0.233. The molecule has 1 N–H and O–H groups in total. The molecule has 1 aromatic rings. The fraction of sp³-hybridized carbons (Fsp3) is 0.680. The largest absolute Gasteiger partial charge is 0.273 e. The van der Waals surface area contributed by atoms with Crippen molar-refractivity contribution in [1.82, 2.24) is 10.4 Å². The third-order valence-corrected chi connectivity index (χ3v) is 7.52. The van der Waals surface area contributed by atoms with Gasteiger partial charge in [0.25, 0.3) is 5.91 Å². The van der Waals surface area contributed by atoms with Crippen molar-refractivity contribution in [3.8, 4) is 0 Å². The number of hydrogen-bond acceptors (Lipinski definition) is 3. The normalized spacial score (nSPS) is 16.1. The summed E-state index contributed by atoms with van der Waals surface area (Å²) >= 11 is 4.99. The van der Waals surface area contributed by atoms with Crippen LogP contribution in [0, 0.1) is 0 Å². The molecule has 0 radical (unpaired) electrons. The van der Waals surface area contributed by atoms with Crippen LogP contribution in [0.3, 0.4) is 0 Å². The molecule has 1 saturated heterocycles. The molecular formula is C25H39BrN2O2S. The zero-order valence-corrected chi connectivity index (χ0v) is 21.4. The second-order valence-corrected chi connectivity index (χ2v) is 10.5. The molecule has 1 aromatic carbocycles. The zero-order valence-electron chi connectivity index (χ0n) is 19.0. The van der Waals surface area contributed by atoms with Crippen LogP contribution in [0.5, 0.6) is 0 Å². The van der Waals surface area contributed by atoms with Gasteiger partial charge in [-0.3, -0.25) is 15.0 Å². The number of carbonyl (C=O) groups excluding carboxylic acids is 2. The summed E-state index contributed by atoms with van der Waals surface area (Å²) in [5, 5.41) is 1.37. The van der Waals surface area contributed by atoms with Gasteiger partial charge in [0.05, 0.1) is 5.75 Å². The van der Waals surface area contributed by atoms with Gasteiger partial charge < -0.3 is 0 Å².